The Hall–Kier alpha value is -3.08. The molecule has 0 saturated carbocycles. The molecular weight excluding hydrogens is 391 g/mol. The minimum atomic E-state index is -0.196. The average molecular weight is 403 g/mol. The molecule has 1 N–H and O–H groups in total. The molecule has 0 atom stereocenters. The van der Waals surface area contributed by atoms with Crippen LogP contribution in [0.5, 0.6) is 0 Å². The van der Waals surface area contributed by atoms with Crippen LogP contribution in [0.2, 0.25) is 0 Å². The number of fused-ring (bicyclic) bond motifs is 3. The molecular formula is C20H12N4OSe. The molecule has 5 nitrogen and oxygen atoms in total. The van der Waals surface area contributed by atoms with Gasteiger partial charge in [0.05, 0.1) is 0 Å². The maximum atomic E-state index is 12.3. The predicted molar refractivity (Wildman–Crippen MR) is 103 cm³/mol. The molecule has 0 unspecified atom stereocenters. The van der Waals surface area contributed by atoms with Crippen LogP contribution < -0.4 is 5.56 Å². The summed E-state index contributed by atoms with van der Waals surface area (Å²) in [6.45, 7) is 0. The van der Waals surface area contributed by atoms with Crippen molar-refractivity contribution in [3.05, 3.63) is 77.3 Å². The van der Waals surface area contributed by atoms with Gasteiger partial charge in [0.15, 0.2) is 0 Å². The van der Waals surface area contributed by atoms with Crippen LogP contribution in [0, 0.1) is 0 Å². The van der Waals surface area contributed by atoms with Crippen LogP contribution in [-0.2, 0) is 0 Å². The molecule has 0 fully saturated rings. The van der Waals surface area contributed by atoms with Gasteiger partial charge in [0.1, 0.15) is 0 Å². The van der Waals surface area contributed by atoms with Crippen LogP contribution in [-0.4, -0.2) is 34.7 Å². The predicted octanol–water partition coefficient (Wildman–Crippen LogP) is 3.26. The van der Waals surface area contributed by atoms with Gasteiger partial charge in [0, 0.05) is 0 Å². The second kappa shape index (κ2) is 6.02. The summed E-state index contributed by atoms with van der Waals surface area (Å²) in [7, 11) is 0. The molecule has 0 amide bonds. The van der Waals surface area contributed by atoms with Crippen molar-refractivity contribution < 1.29 is 0 Å². The first kappa shape index (κ1) is 15.2. The van der Waals surface area contributed by atoms with Crippen molar-refractivity contribution in [1.82, 2.24) is 20.2 Å². The summed E-state index contributed by atoms with van der Waals surface area (Å²) in [5.74, 6) is 0. The molecule has 0 aliphatic carbocycles. The third kappa shape index (κ3) is 2.31. The van der Waals surface area contributed by atoms with E-state index in [2.05, 4.69) is 32.3 Å². The van der Waals surface area contributed by atoms with Crippen molar-refractivity contribution in [1.29, 1.82) is 0 Å². The van der Waals surface area contributed by atoms with Crippen LogP contribution in [0.25, 0.3) is 41.9 Å². The fraction of sp³-hybridized carbons (Fsp3) is 0. The first-order chi connectivity index (χ1) is 12.8. The monoisotopic (exact) mass is 404 g/mol. The van der Waals surface area contributed by atoms with Gasteiger partial charge in [-0.15, -0.1) is 0 Å². The van der Waals surface area contributed by atoms with Crippen molar-refractivity contribution in [2.24, 2.45) is 0 Å². The number of nitrogens with zero attached hydrogens (tertiary/aromatic N) is 3. The van der Waals surface area contributed by atoms with Crippen molar-refractivity contribution in [3.8, 4) is 22.4 Å². The maximum absolute atomic E-state index is 12.3. The molecule has 26 heavy (non-hydrogen) atoms. The van der Waals surface area contributed by atoms with Gasteiger partial charge in [-0.1, -0.05) is 0 Å². The number of aromatic amines is 1. The van der Waals surface area contributed by atoms with Crippen LogP contribution in [0.3, 0.4) is 0 Å². The summed E-state index contributed by atoms with van der Waals surface area (Å²) in [6.07, 6.45) is 1.46. The second-order valence-corrected chi connectivity index (χ2v) is 7.94. The van der Waals surface area contributed by atoms with Crippen molar-refractivity contribution >= 4 is 34.1 Å². The number of aromatic nitrogens is 4. The van der Waals surface area contributed by atoms with Crippen molar-refractivity contribution in [2.75, 3.05) is 0 Å². The van der Waals surface area contributed by atoms with E-state index in [-0.39, 0.29) is 20.1 Å². The molecule has 0 saturated heterocycles. The Morgan fingerprint density at radius 3 is 2.27 bits per heavy atom. The normalized spacial score (nSPS) is 11.2. The quantitative estimate of drug-likeness (QED) is 0.460. The second-order valence-electron chi connectivity index (χ2n) is 5.85. The van der Waals surface area contributed by atoms with E-state index in [4.69, 9.17) is 0 Å². The molecule has 3 aromatic heterocycles. The van der Waals surface area contributed by atoms with E-state index in [1.165, 1.54) is 6.33 Å². The number of nitrogens with one attached hydrogen (secondary N) is 1. The fourth-order valence-corrected chi connectivity index (χ4v) is 5.21. The van der Waals surface area contributed by atoms with E-state index in [1.807, 2.05) is 48.5 Å². The summed E-state index contributed by atoms with van der Waals surface area (Å²) in [4.78, 5) is 19.4. The van der Waals surface area contributed by atoms with Gasteiger partial charge in [-0.25, -0.2) is 0 Å². The Bertz CT molecular complexity index is 1290. The van der Waals surface area contributed by atoms with E-state index >= 15 is 0 Å². The van der Waals surface area contributed by atoms with Crippen molar-refractivity contribution in [3.63, 3.8) is 0 Å². The first-order valence-corrected chi connectivity index (χ1v) is 9.81. The Morgan fingerprint density at radius 2 is 1.54 bits per heavy atom. The summed E-state index contributed by atoms with van der Waals surface area (Å²) in [6, 6.07) is 20.1. The molecule has 5 aromatic rings. The molecule has 0 aliphatic heterocycles. The molecule has 0 spiro atoms. The van der Waals surface area contributed by atoms with E-state index in [0.29, 0.717) is 4.26 Å². The first-order valence-electron chi connectivity index (χ1n) is 8.10. The van der Waals surface area contributed by atoms with Crippen LogP contribution >= 0.6 is 0 Å². The van der Waals surface area contributed by atoms with Gasteiger partial charge in [-0.05, 0) is 0 Å². The zero-order chi connectivity index (χ0) is 17.5. The molecule has 0 bridgehead atoms. The standard InChI is InChI=1S/C20H12N4OSe/c25-19-18-17(21-11-22-19)15-14(12-7-3-1-4-8-12)16(23-24-20(15)26-18)13-9-5-2-6-10-13/h1-11H,(H,21,22,25). The molecule has 2 aromatic carbocycles. The molecule has 3 heterocycles. The van der Waals surface area contributed by atoms with Crippen molar-refractivity contribution in [2.45, 2.75) is 0 Å². The third-order valence-corrected chi connectivity index (χ3v) is 6.53. The molecule has 5 rings (SSSR count). The van der Waals surface area contributed by atoms with E-state index in [0.717, 1.165) is 37.7 Å². The Balaban J connectivity index is 1.99. The van der Waals surface area contributed by atoms with Gasteiger partial charge in [0.25, 0.3) is 0 Å². The fourth-order valence-electron chi connectivity index (χ4n) is 3.15. The van der Waals surface area contributed by atoms with E-state index < -0.39 is 0 Å². The minimum absolute atomic E-state index is 0.0896. The Labute approximate surface area is 154 Å². The number of H-pyrrole nitrogens is 1. The SMILES string of the molecule is O=c1[nH]cnc2c1[se]c1nnc(-c3ccccc3)c(-c3ccccc3)c12. The number of benzene rings is 2. The van der Waals surface area contributed by atoms with Gasteiger partial charge in [0.2, 0.25) is 0 Å². The van der Waals surface area contributed by atoms with E-state index in [1.54, 1.807) is 0 Å². The van der Waals surface area contributed by atoms with Gasteiger partial charge in [-0.2, -0.15) is 0 Å². The van der Waals surface area contributed by atoms with Gasteiger partial charge in [-0.3, -0.25) is 0 Å². The van der Waals surface area contributed by atoms with Crippen LogP contribution in [0.1, 0.15) is 0 Å². The van der Waals surface area contributed by atoms with Gasteiger partial charge < -0.3 is 0 Å². The Morgan fingerprint density at radius 1 is 0.846 bits per heavy atom. The van der Waals surface area contributed by atoms with Crippen LogP contribution in [0.15, 0.2) is 71.8 Å². The number of hydrogen-bond acceptors (Lipinski definition) is 4. The zero-order valence-corrected chi connectivity index (χ0v) is 15.2. The van der Waals surface area contributed by atoms with Gasteiger partial charge >= 0.3 is 154 Å². The zero-order valence-electron chi connectivity index (χ0n) is 13.5. The summed E-state index contributed by atoms with van der Waals surface area (Å²) in [5.41, 5.74) is 4.47. The van der Waals surface area contributed by atoms with E-state index in [9.17, 15) is 4.79 Å². The number of hydrogen-bond donors (Lipinski definition) is 1. The third-order valence-electron chi connectivity index (χ3n) is 4.30. The molecule has 0 aliphatic rings. The average Bonchev–Trinajstić information content (AvgIpc) is 3.09. The summed E-state index contributed by atoms with van der Waals surface area (Å²) < 4.78 is 1.57. The molecule has 6 heteroatoms. The van der Waals surface area contributed by atoms with Crippen LogP contribution in [0.4, 0.5) is 0 Å². The topological polar surface area (TPSA) is 71.5 Å². The summed E-state index contributed by atoms with van der Waals surface area (Å²) in [5, 5.41) is 9.93. The molecule has 0 radical (unpaired) electrons. The molecule has 124 valence electrons. The number of rotatable bonds is 2. The Kier molecular flexibility index (Phi) is 3.52. The summed E-state index contributed by atoms with van der Waals surface area (Å²) >= 11 is -0.196.